The average molecular weight is 650 g/mol. The summed E-state index contributed by atoms with van der Waals surface area (Å²) in [7, 11) is 1.58. The molecule has 4 rings (SSSR count). The first-order valence-electron chi connectivity index (χ1n) is 18.4. The number of piperidine rings is 1. The molecule has 0 aromatic rings. The van der Waals surface area contributed by atoms with Crippen LogP contribution in [0.15, 0.2) is 22.9 Å². The number of rotatable bonds is 10. The molecule has 2 amide bonds. The fourth-order valence-corrected chi connectivity index (χ4v) is 5.56. The summed E-state index contributed by atoms with van der Waals surface area (Å²) < 4.78 is 0. The number of carbonyl (C=O) groups excluding carboxylic acids is 4. The van der Waals surface area contributed by atoms with E-state index in [-0.39, 0.29) is 18.2 Å². The van der Waals surface area contributed by atoms with Crippen LogP contribution in [0.5, 0.6) is 0 Å². The van der Waals surface area contributed by atoms with Crippen LogP contribution in [-0.4, -0.2) is 105 Å². The van der Waals surface area contributed by atoms with Gasteiger partial charge in [-0.05, 0) is 62.8 Å². The third-order valence-electron chi connectivity index (χ3n) is 8.12. The van der Waals surface area contributed by atoms with E-state index < -0.39 is 6.04 Å². The van der Waals surface area contributed by atoms with Crippen molar-refractivity contribution in [2.24, 2.45) is 5.92 Å². The summed E-state index contributed by atoms with van der Waals surface area (Å²) in [6.45, 7) is 26.4. The van der Waals surface area contributed by atoms with Gasteiger partial charge in [-0.3, -0.25) is 14.5 Å². The van der Waals surface area contributed by atoms with Gasteiger partial charge in [-0.15, -0.1) is 0 Å². The molecule has 0 bridgehead atoms. The topological polar surface area (TPSA) is 102 Å². The normalized spacial score (nSPS) is 18.1. The molecule has 1 unspecified atom stereocenters. The number of hydrogen-bond donors (Lipinski definition) is 2. The second-order valence-corrected chi connectivity index (χ2v) is 11.0. The number of aldehydes is 2. The van der Waals surface area contributed by atoms with Gasteiger partial charge in [0, 0.05) is 70.4 Å². The first-order valence-corrected chi connectivity index (χ1v) is 18.4. The molecule has 46 heavy (non-hydrogen) atoms. The second kappa shape index (κ2) is 29.9. The number of piperazine rings is 1. The van der Waals surface area contributed by atoms with E-state index in [1.807, 2.05) is 48.5 Å². The third-order valence-corrected chi connectivity index (χ3v) is 8.12. The van der Waals surface area contributed by atoms with Crippen LogP contribution in [-0.2, 0) is 19.2 Å². The van der Waals surface area contributed by atoms with Crippen LogP contribution in [0.4, 0.5) is 0 Å². The summed E-state index contributed by atoms with van der Waals surface area (Å²) in [5.41, 5.74) is 3.22. The lowest BCUT2D eigenvalue weighted by Crippen LogP contribution is -2.48. The van der Waals surface area contributed by atoms with E-state index in [0.717, 1.165) is 81.7 Å². The van der Waals surface area contributed by atoms with Gasteiger partial charge in [0.05, 0.1) is 0 Å². The maximum Gasteiger partial charge on any atom is 0.251 e. The maximum atomic E-state index is 13.0. The van der Waals surface area contributed by atoms with Crippen molar-refractivity contribution in [1.29, 1.82) is 0 Å². The minimum absolute atomic E-state index is 0.0402. The van der Waals surface area contributed by atoms with Crippen LogP contribution in [0.25, 0.3) is 0 Å². The molecule has 3 aliphatic heterocycles. The van der Waals surface area contributed by atoms with E-state index in [2.05, 4.69) is 40.4 Å². The molecule has 0 aromatic carbocycles. The summed E-state index contributed by atoms with van der Waals surface area (Å²) in [6.07, 6.45) is 12.0. The Morgan fingerprint density at radius 2 is 1.50 bits per heavy atom. The van der Waals surface area contributed by atoms with Crippen molar-refractivity contribution in [3.05, 3.63) is 22.9 Å². The second-order valence-electron chi connectivity index (χ2n) is 11.0. The van der Waals surface area contributed by atoms with Gasteiger partial charge in [0.25, 0.3) is 5.91 Å². The fraction of sp³-hybridized carbons (Fsp3) is 0.784. The van der Waals surface area contributed by atoms with Gasteiger partial charge in [-0.25, -0.2) is 0 Å². The maximum absolute atomic E-state index is 13.0. The van der Waals surface area contributed by atoms with Crippen molar-refractivity contribution >= 4 is 24.4 Å². The molecule has 1 aliphatic carbocycles. The van der Waals surface area contributed by atoms with E-state index in [0.29, 0.717) is 19.4 Å². The molecule has 268 valence electrons. The molecule has 2 N–H and O–H groups in total. The molecule has 9 nitrogen and oxygen atoms in total. The summed E-state index contributed by atoms with van der Waals surface area (Å²) >= 11 is 0. The van der Waals surface area contributed by atoms with Crippen molar-refractivity contribution in [2.75, 3.05) is 59.4 Å². The van der Waals surface area contributed by atoms with Crippen molar-refractivity contribution in [2.45, 2.75) is 126 Å². The number of nitrogens with one attached hydrogen (secondary N) is 2. The minimum Gasteiger partial charge on any atom is -0.372 e. The molecular formula is C37H71N5O4. The molecule has 1 atom stereocenters. The molecule has 3 heterocycles. The first kappa shape index (κ1) is 45.6. The van der Waals surface area contributed by atoms with Crippen LogP contribution in [0.3, 0.4) is 0 Å². The number of likely N-dealkylation sites (N-methyl/N-ethyl adjacent to an activating group) is 1. The van der Waals surface area contributed by atoms with Crippen LogP contribution in [0.1, 0.15) is 120 Å². The number of nitrogens with zero attached hydrogens (tertiary/aromatic N) is 3. The van der Waals surface area contributed by atoms with Crippen molar-refractivity contribution in [3.8, 4) is 0 Å². The van der Waals surface area contributed by atoms with E-state index in [4.69, 9.17) is 0 Å². The van der Waals surface area contributed by atoms with Crippen LogP contribution < -0.4 is 10.6 Å². The van der Waals surface area contributed by atoms with E-state index in [1.165, 1.54) is 37.9 Å². The average Bonchev–Trinajstić information content (AvgIpc) is 3.46. The quantitative estimate of drug-likeness (QED) is 0.280. The lowest BCUT2D eigenvalue weighted by molar-refractivity contribution is -0.136. The number of carbonyl (C=O) groups is 4. The van der Waals surface area contributed by atoms with Gasteiger partial charge in [-0.2, -0.15) is 0 Å². The van der Waals surface area contributed by atoms with Crippen LogP contribution in [0.2, 0.25) is 0 Å². The highest BCUT2D eigenvalue weighted by molar-refractivity contribution is 6.01. The number of unbranched alkanes of at least 4 members (excludes halogenated alkanes) is 1. The molecular weight excluding hydrogens is 578 g/mol. The van der Waals surface area contributed by atoms with Gasteiger partial charge in [0.15, 0.2) is 0 Å². The zero-order valence-corrected chi connectivity index (χ0v) is 31.4. The van der Waals surface area contributed by atoms with Crippen LogP contribution >= 0.6 is 0 Å². The fourth-order valence-electron chi connectivity index (χ4n) is 5.56. The van der Waals surface area contributed by atoms with Crippen LogP contribution in [0, 0.1) is 5.92 Å². The summed E-state index contributed by atoms with van der Waals surface area (Å²) in [6, 6.07) is -0.585. The molecule has 0 saturated carbocycles. The summed E-state index contributed by atoms with van der Waals surface area (Å²) in [4.78, 5) is 52.2. The lowest BCUT2D eigenvalue weighted by atomic mass is 9.96. The predicted octanol–water partition coefficient (Wildman–Crippen LogP) is 5.99. The predicted molar refractivity (Wildman–Crippen MR) is 194 cm³/mol. The minimum atomic E-state index is -0.585. The largest absolute Gasteiger partial charge is 0.372 e. The van der Waals surface area contributed by atoms with Crippen molar-refractivity contribution in [1.82, 2.24) is 25.3 Å². The summed E-state index contributed by atoms with van der Waals surface area (Å²) in [5, 5.41) is 6.10. The Balaban J connectivity index is 0. The van der Waals surface area contributed by atoms with Gasteiger partial charge in [0.2, 0.25) is 5.91 Å². The molecule has 2 saturated heterocycles. The highest BCUT2D eigenvalue weighted by Crippen LogP contribution is 2.34. The molecule has 0 aromatic heterocycles. The zero-order valence-electron chi connectivity index (χ0n) is 31.4. The molecule has 9 heteroatoms. The molecule has 4 aliphatic rings. The van der Waals surface area contributed by atoms with E-state index in [9.17, 15) is 19.2 Å². The van der Waals surface area contributed by atoms with Gasteiger partial charge < -0.3 is 30.0 Å². The number of amides is 2. The molecule has 0 radical (unpaired) electrons. The zero-order chi connectivity index (χ0) is 35.3. The SMILES string of the molecule is CC.CC.CC.CCC=O.CCCC.CNC(=O)C(CCC=O)N1CC2=C(CCC(N3CCN(CC4CCNCC4)CC3)=C2)C1=O. The smallest absolute Gasteiger partial charge is 0.251 e. The summed E-state index contributed by atoms with van der Waals surface area (Å²) in [5.74, 6) is 0.586. The highest BCUT2D eigenvalue weighted by Gasteiger charge is 2.38. The Kier molecular flexibility index (Phi) is 29.6. The highest BCUT2D eigenvalue weighted by atomic mass is 16.2. The number of hydrogen-bond acceptors (Lipinski definition) is 7. The van der Waals surface area contributed by atoms with Crippen molar-refractivity contribution in [3.63, 3.8) is 0 Å². The lowest BCUT2D eigenvalue weighted by Gasteiger charge is -2.40. The Morgan fingerprint density at radius 3 is 1.98 bits per heavy atom. The van der Waals surface area contributed by atoms with Gasteiger partial charge in [0.1, 0.15) is 18.6 Å². The van der Waals surface area contributed by atoms with Crippen molar-refractivity contribution < 1.29 is 19.2 Å². The Bertz CT molecular complexity index is 873. The monoisotopic (exact) mass is 650 g/mol. The Morgan fingerprint density at radius 1 is 0.935 bits per heavy atom. The molecule has 2 fully saturated rings. The van der Waals surface area contributed by atoms with E-state index >= 15 is 0 Å². The standard InChI is InChI=1S/C24H37N5O3.C4H10.C3H6O.3C2H6/c1-25-23(31)22(3-2-14-30)29-17-19-15-20(4-5-21(19)24(29)32)28-12-10-27(11-13-28)16-18-6-8-26-9-7-18;1-3-4-2;1-2-3-4;3*1-2/h14-15,18,22,26H,2-13,16-17H2,1H3,(H,25,31);3-4H2,1-2H3;3H,2H2,1H3;3*1-2H3. The van der Waals surface area contributed by atoms with Gasteiger partial charge >= 0.3 is 0 Å². The third kappa shape index (κ3) is 16.3. The Labute approximate surface area is 283 Å². The number of allylic oxidation sites excluding steroid dienone is 1. The first-order chi connectivity index (χ1) is 22.4. The molecule has 0 spiro atoms. The van der Waals surface area contributed by atoms with E-state index in [1.54, 1.807) is 11.9 Å². The Hall–Kier alpha value is -2.52. The van der Waals surface area contributed by atoms with Gasteiger partial charge in [-0.1, -0.05) is 75.2 Å².